The number of hydrogen-bond donors (Lipinski definition) is 2. The summed E-state index contributed by atoms with van der Waals surface area (Å²) in [5.74, 6) is -0.459. The molecule has 0 unspecified atom stereocenters. The van der Waals surface area contributed by atoms with Crippen LogP contribution in [-0.2, 0) is 0 Å². The lowest BCUT2D eigenvalue weighted by Crippen LogP contribution is -2.33. The number of imide groups is 1. The van der Waals surface area contributed by atoms with Gasteiger partial charge >= 0.3 is 0 Å². The van der Waals surface area contributed by atoms with Crippen molar-refractivity contribution in [2.24, 2.45) is 5.92 Å². The van der Waals surface area contributed by atoms with E-state index in [2.05, 4.69) is 15.5 Å². The largest absolute Gasteiger partial charge is 0.305 e. The van der Waals surface area contributed by atoms with Crippen LogP contribution in [0.4, 0.5) is 5.82 Å². The second-order valence-corrected chi connectivity index (χ2v) is 6.27. The van der Waals surface area contributed by atoms with E-state index in [9.17, 15) is 14.4 Å². The number of nitrogens with one attached hydrogen (secondary N) is 2. The monoisotopic (exact) mass is 326 g/mol. The van der Waals surface area contributed by atoms with Crippen molar-refractivity contribution < 1.29 is 14.4 Å². The average Bonchev–Trinajstić information content (AvgIpc) is 3.04. The van der Waals surface area contributed by atoms with Gasteiger partial charge in [-0.3, -0.25) is 24.4 Å². The number of anilines is 1. The quantitative estimate of drug-likeness (QED) is 0.842. The van der Waals surface area contributed by atoms with E-state index in [0.29, 0.717) is 23.5 Å². The lowest BCUT2D eigenvalue weighted by Gasteiger charge is -2.15. The summed E-state index contributed by atoms with van der Waals surface area (Å²) < 4.78 is 0. The molecule has 1 aromatic heterocycles. The molecule has 7 nitrogen and oxygen atoms in total. The summed E-state index contributed by atoms with van der Waals surface area (Å²) in [7, 11) is 0. The summed E-state index contributed by atoms with van der Waals surface area (Å²) in [5, 5.41) is 9.32. The lowest BCUT2D eigenvalue weighted by molar-refractivity contribution is 0.0636. The third kappa shape index (κ3) is 2.80. The van der Waals surface area contributed by atoms with E-state index in [1.807, 2.05) is 20.8 Å². The van der Waals surface area contributed by atoms with Crippen LogP contribution in [0.1, 0.15) is 50.6 Å². The molecule has 0 aliphatic carbocycles. The Balaban J connectivity index is 1.85. The highest BCUT2D eigenvalue weighted by atomic mass is 16.2. The number of rotatable bonds is 4. The Kier molecular flexibility index (Phi) is 3.92. The molecule has 7 heteroatoms. The van der Waals surface area contributed by atoms with Gasteiger partial charge in [0.2, 0.25) is 0 Å². The molecule has 3 rings (SSSR count). The fourth-order valence-electron chi connectivity index (χ4n) is 2.63. The smallest absolute Gasteiger partial charge is 0.261 e. The molecule has 0 radical (unpaired) electrons. The van der Waals surface area contributed by atoms with Gasteiger partial charge in [-0.05, 0) is 31.0 Å². The van der Waals surface area contributed by atoms with Crippen LogP contribution in [0, 0.1) is 12.8 Å². The highest BCUT2D eigenvalue weighted by Crippen LogP contribution is 2.25. The van der Waals surface area contributed by atoms with Crippen LogP contribution in [0.5, 0.6) is 0 Å². The third-order valence-corrected chi connectivity index (χ3v) is 3.73. The number of hydrogen-bond acceptors (Lipinski definition) is 4. The zero-order valence-electron chi connectivity index (χ0n) is 13.7. The van der Waals surface area contributed by atoms with Crippen LogP contribution < -0.4 is 5.32 Å². The van der Waals surface area contributed by atoms with Crippen molar-refractivity contribution in [1.29, 1.82) is 0 Å². The van der Waals surface area contributed by atoms with Gasteiger partial charge in [0.1, 0.15) is 0 Å². The first kappa shape index (κ1) is 15.9. The van der Waals surface area contributed by atoms with Crippen molar-refractivity contribution >= 4 is 23.5 Å². The highest BCUT2D eigenvalue weighted by molar-refractivity contribution is 6.22. The summed E-state index contributed by atoms with van der Waals surface area (Å²) in [4.78, 5) is 38.3. The van der Waals surface area contributed by atoms with Crippen molar-refractivity contribution in [1.82, 2.24) is 15.1 Å². The number of carbonyl (C=O) groups excluding carboxylic acids is 3. The second kappa shape index (κ2) is 5.92. The molecule has 0 fully saturated rings. The maximum absolute atomic E-state index is 12.4. The van der Waals surface area contributed by atoms with Gasteiger partial charge in [0.15, 0.2) is 5.82 Å². The Labute approximate surface area is 139 Å². The van der Waals surface area contributed by atoms with E-state index in [1.54, 1.807) is 6.07 Å². The maximum atomic E-state index is 12.4. The predicted octanol–water partition coefficient (Wildman–Crippen LogP) is 2.22. The Morgan fingerprint density at radius 3 is 2.54 bits per heavy atom. The first-order valence-corrected chi connectivity index (χ1v) is 7.70. The zero-order chi connectivity index (χ0) is 17.4. The van der Waals surface area contributed by atoms with Gasteiger partial charge in [-0.15, -0.1) is 0 Å². The van der Waals surface area contributed by atoms with Crippen LogP contribution in [0.25, 0.3) is 0 Å². The number of aryl methyl sites for hydroxylation is 1. The van der Waals surface area contributed by atoms with E-state index in [0.717, 1.165) is 5.69 Å². The molecule has 124 valence electrons. The number of benzene rings is 1. The molecule has 1 aromatic carbocycles. The summed E-state index contributed by atoms with van der Waals surface area (Å²) in [6, 6.07) is 6.23. The second-order valence-electron chi connectivity index (χ2n) is 6.27. The molecule has 24 heavy (non-hydrogen) atoms. The molecule has 2 aromatic rings. The van der Waals surface area contributed by atoms with Crippen molar-refractivity contribution in [3.8, 4) is 0 Å². The summed E-state index contributed by atoms with van der Waals surface area (Å²) in [5.41, 5.74) is 1.74. The van der Waals surface area contributed by atoms with Crippen molar-refractivity contribution in [2.45, 2.75) is 20.8 Å². The van der Waals surface area contributed by atoms with Crippen molar-refractivity contribution in [3.05, 3.63) is 46.6 Å². The molecule has 3 amide bonds. The van der Waals surface area contributed by atoms with Gasteiger partial charge in [-0.25, -0.2) is 0 Å². The summed E-state index contributed by atoms with van der Waals surface area (Å²) in [6.07, 6.45) is 0. The first-order valence-electron chi connectivity index (χ1n) is 7.70. The number of nitrogens with zero attached hydrogens (tertiary/aromatic N) is 2. The number of H-pyrrole nitrogens is 1. The van der Waals surface area contributed by atoms with Crippen molar-refractivity contribution in [3.63, 3.8) is 0 Å². The molecule has 2 N–H and O–H groups in total. The Hall–Kier alpha value is -2.96. The van der Waals surface area contributed by atoms with Crippen LogP contribution in [-0.4, -0.2) is 39.4 Å². The fourth-order valence-corrected chi connectivity index (χ4v) is 2.63. The molecule has 0 atom stereocenters. The molecule has 0 saturated heterocycles. The van der Waals surface area contributed by atoms with E-state index in [4.69, 9.17) is 0 Å². The van der Waals surface area contributed by atoms with E-state index in [1.165, 1.54) is 23.1 Å². The number of aromatic amines is 1. The fraction of sp³-hybridized carbons (Fsp3) is 0.294. The van der Waals surface area contributed by atoms with Gasteiger partial charge in [0.05, 0.1) is 11.1 Å². The van der Waals surface area contributed by atoms with Crippen LogP contribution in [0.15, 0.2) is 24.3 Å². The normalized spacial score (nSPS) is 13.6. The van der Waals surface area contributed by atoms with Crippen LogP contribution in [0.2, 0.25) is 0 Å². The first-order chi connectivity index (χ1) is 11.4. The molecule has 2 heterocycles. The number of fused-ring (bicyclic) bond motifs is 1. The zero-order valence-corrected chi connectivity index (χ0v) is 13.7. The van der Waals surface area contributed by atoms with Gasteiger partial charge in [-0.2, -0.15) is 5.10 Å². The lowest BCUT2D eigenvalue weighted by atomic mass is 10.1. The van der Waals surface area contributed by atoms with E-state index >= 15 is 0 Å². The van der Waals surface area contributed by atoms with Crippen molar-refractivity contribution in [2.75, 3.05) is 11.9 Å². The standard InChI is InChI=1S/C17H18N4O3/c1-9(2)8-21-16(23)12-5-4-11(7-13(12)17(21)24)15(22)18-14-6-10(3)19-20-14/h4-7,9H,8H2,1-3H3,(H2,18,19,20,22). The van der Waals surface area contributed by atoms with E-state index in [-0.39, 0.29) is 29.2 Å². The van der Waals surface area contributed by atoms with E-state index < -0.39 is 0 Å². The number of amides is 3. The molecule has 0 saturated carbocycles. The molecular formula is C17H18N4O3. The number of aromatic nitrogens is 2. The Morgan fingerprint density at radius 1 is 1.21 bits per heavy atom. The average molecular weight is 326 g/mol. The third-order valence-electron chi connectivity index (χ3n) is 3.73. The maximum Gasteiger partial charge on any atom is 0.261 e. The van der Waals surface area contributed by atoms with Gasteiger partial charge in [0, 0.05) is 23.9 Å². The summed E-state index contributed by atoms with van der Waals surface area (Å²) in [6.45, 7) is 6.06. The summed E-state index contributed by atoms with van der Waals surface area (Å²) >= 11 is 0. The molecule has 0 bridgehead atoms. The Morgan fingerprint density at radius 2 is 1.92 bits per heavy atom. The van der Waals surface area contributed by atoms with Gasteiger partial charge in [0.25, 0.3) is 17.7 Å². The molecule has 1 aliphatic rings. The highest BCUT2D eigenvalue weighted by Gasteiger charge is 2.36. The van der Waals surface area contributed by atoms with Crippen LogP contribution >= 0.6 is 0 Å². The topological polar surface area (TPSA) is 95.2 Å². The Bertz CT molecular complexity index is 838. The number of carbonyl (C=O) groups is 3. The minimum absolute atomic E-state index is 0.179. The van der Waals surface area contributed by atoms with Gasteiger partial charge < -0.3 is 5.32 Å². The predicted molar refractivity (Wildman–Crippen MR) is 87.9 cm³/mol. The molecule has 0 spiro atoms. The minimum atomic E-state index is -0.383. The molecular weight excluding hydrogens is 308 g/mol. The minimum Gasteiger partial charge on any atom is -0.305 e. The van der Waals surface area contributed by atoms with Crippen LogP contribution in [0.3, 0.4) is 0 Å². The van der Waals surface area contributed by atoms with Gasteiger partial charge in [-0.1, -0.05) is 13.8 Å². The SMILES string of the molecule is Cc1cc(NC(=O)c2ccc3c(c2)C(=O)N(CC(C)C)C3=O)n[nH]1. The molecule has 1 aliphatic heterocycles.